The minimum atomic E-state index is -0.295. The average molecular weight is 368 g/mol. The molecule has 0 aliphatic rings. The fraction of sp³-hybridized carbons (Fsp3) is 0.0833. The topological polar surface area (TPSA) is 54.6 Å². The molecule has 0 saturated heterocycles. The first-order valence-electron chi connectivity index (χ1n) is 9.11. The van der Waals surface area contributed by atoms with Gasteiger partial charge in [0.05, 0.1) is 16.9 Å². The molecule has 1 N–H and O–H groups in total. The third-order valence-corrected chi connectivity index (χ3v) is 4.73. The number of hydrogen-bond donors (Lipinski definition) is 1. The van der Waals surface area contributed by atoms with Gasteiger partial charge in [0, 0.05) is 11.1 Å². The molecule has 0 atom stereocenters. The molecule has 4 heteroatoms. The monoisotopic (exact) mass is 368 g/mol. The summed E-state index contributed by atoms with van der Waals surface area (Å²) in [7, 11) is 0. The highest BCUT2D eigenvalue weighted by Gasteiger charge is 2.19. The van der Waals surface area contributed by atoms with Crippen molar-refractivity contribution in [3.8, 4) is 11.4 Å². The molecule has 0 unspecified atom stereocenters. The molecule has 4 nitrogen and oxygen atoms in total. The molecule has 138 valence electrons. The minimum absolute atomic E-state index is 0.0401. The summed E-state index contributed by atoms with van der Waals surface area (Å²) in [4.78, 5) is 18.0. The van der Waals surface area contributed by atoms with Crippen LogP contribution >= 0.6 is 0 Å². The van der Waals surface area contributed by atoms with Gasteiger partial charge in [-0.25, -0.2) is 0 Å². The average Bonchev–Trinajstić information content (AvgIpc) is 2.69. The van der Waals surface area contributed by atoms with Crippen molar-refractivity contribution in [1.29, 1.82) is 0 Å². The molecule has 0 fully saturated rings. The fourth-order valence-electron chi connectivity index (χ4n) is 3.43. The summed E-state index contributed by atoms with van der Waals surface area (Å²) in [5, 5.41) is 11.5. The Morgan fingerprint density at radius 3 is 2.39 bits per heavy atom. The number of aliphatic imine (C=N–C) groups is 1. The van der Waals surface area contributed by atoms with Crippen LogP contribution in [0.25, 0.3) is 16.6 Å². The minimum Gasteiger partial charge on any atom is -0.506 e. The van der Waals surface area contributed by atoms with Crippen LogP contribution in [0.15, 0.2) is 88.6 Å². The van der Waals surface area contributed by atoms with E-state index in [1.54, 1.807) is 11.5 Å². The lowest BCUT2D eigenvalue weighted by molar-refractivity contribution is 0.478. The molecule has 1 aromatic heterocycles. The maximum Gasteiger partial charge on any atom is 0.268 e. The lowest BCUT2D eigenvalue weighted by Crippen LogP contribution is -2.25. The standard InChI is InChI=1S/C24H20N2O2/c1-16-9-8-10-18(15-16)25-17(2)22-23(27)20-13-6-7-14-21(20)26(24(22)28)19-11-4-3-5-12-19/h3-15,27H,1-2H3. The summed E-state index contributed by atoms with van der Waals surface area (Å²) in [6.45, 7) is 3.74. The normalized spacial score (nSPS) is 11.7. The molecule has 0 saturated carbocycles. The van der Waals surface area contributed by atoms with Gasteiger partial charge < -0.3 is 5.11 Å². The van der Waals surface area contributed by atoms with Crippen molar-refractivity contribution >= 4 is 22.3 Å². The van der Waals surface area contributed by atoms with Crippen LogP contribution in [-0.4, -0.2) is 15.4 Å². The van der Waals surface area contributed by atoms with Crippen molar-refractivity contribution in [2.45, 2.75) is 13.8 Å². The fourth-order valence-corrected chi connectivity index (χ4v) is 3.43. The van der Waals surface area contributed by atoms with E-state index in [9.17, 15) is 9.90 Å². The first kappa shape index (κ1) is 17.7. The SMILES string of the molecule is CC(=Nc1cccc(C)c1)c1c(O)c2ccccc2n(-c2ccccc2)c1=O. The van der Waals surface area contributed by atoms with Crippen LogP contribution in [0.3, 0.4) is 0 Å². The lowest BCUT2D eigenvalue weighted by atomic mass is 10.1. The molecule has 1 heterocycles. The van der Waals surface area contributed by atoms with Crippen molar-refractivity contribution in [1.82, 2.24) is 4.57 Å². The van der Waals surface area contributed by atoms with E-state index in [0.29, 0.717) is 16.6 Å². The zero-order valence-electron chi connectivity index (χ0n) is 15.8. The zero-order valence-corrected chi connectivity index (χ0v) is 15.8. The van der Waals surface area contributed by atoms with Gasteiger partial charge in [0.25, 0.3) is 5.56 Å². The number of para-hydroxylation sites is 2. The van der Waals surface area contributed by atoms with Crippen molar-refractivity contribution in [3.05, 3.63) is 100 Å². The van der Waals surface area contributed by atoms with Crippen LogP contribution in [0.5, 0.6) is 5.75 Å². The Kier molecular flexibility index (Phi) is 4.53. The number of benzene rings is 3. The van der Waals surface area contributed by atoms with E-state index >= 15 is 0 Å². The second-order valence-electron chi connectivity index (χ2n) is 6.75. The largest absolute Gasteiger partial charge is 0.506 e. The summed E-state index contributed by atoms with van der Waals surface area (Å²) in [6.07, 6.45) is 0. The van der Waals surface area contributed by atoms with Crippen molar-refractivity contribution < 1.29 is 5.11 Å². The molecule has 0 bridgehead atoms. The molecule has 28 heavy (non-hydrogen) atoms. The number of hydrogen-bond acceptors (Lipinski definition) is 3. The Morgan fingerprint density at radius 2 is 1.64 bits per heavy atom. The number of nitrogens with zero attached hydrogens (tertiary/aromatic N) is 2. The third kappa shape index (κ3) is 3.09. The molecular weight excluding hydrogens is 348 g/mol. The molecule has 0 amide bonds. The summed E-state index contributed by atoms with van der Waals surface area (Å²) in [6, 6.07) is 24.5. The van der Waals surface area contributed by atoms with Gasteiger partial charge in [0.15, 0.2) is 0 Å². The second kappa shape index (κ2) is 7.16. The zero-order chi connectivity index (χ0) is 19.7. The van der Waals surface area contributed by atoms with Crippen molar-refractivity contribution in [3.63, 3.8) is 0 Å². The molecule has 0 radical (unpaired) electrons. The molecule has 4 aromatic rings. The number of fused-ring (bicyclic) bond motifs is 1. The Hall–Kier alpha value is -3.66. The highest BCUT2D eigenvalue weighted by Crippen LogP contribution is 2.29. The predicted molar refractivity (Wildman–Crippen MR) is 114 cm³/mol. The van der Waals surface area contributed by atoms with Gasteiger partial charge in [-0.3, -0.25) is 14.4 Å². The number of rotatable bonds is 3. The van der Waals surface area contributed by atoms with E-state index in [-0.39, 0.29) is 16.9 Å². The lowest BCUT2D eigenvalue weighted by Gasteiger charge is -2.15. The molecular formula is C24H20N2O2. The van der Waals surface area contributed by atoms with Crippen LogP contribution < -0.4 is 5.56 Å². The van der Waals surface area contributed by atoms with E-state index in [1.165, 1.54) is 0 Å². The number of aromatic hydroxyl groups is 1. The quantitative estimate of drug-likeness (QED) is 0.509. The molecule has 0 aliphatic heterocycles. The highest BCUT2D eigenvalue weighted by molar-refractivity contribution is 6.06. The number of pyridine rings is 1. The van der Waals surface area contributed by atoms with Crippen LogP contribution in [-0.2, 0) is 0 Å². The van der Waals surface area contributed by atoms with E-state index in [4.69, 9.17) is 0 Å². The highest BCUT2D eigenvalue weighted by atomic mass is 16.3. The van der Waals surface area contributed by atoms with Crippen LogP contribution in [0.1, 0.15) is 18.1 Å². The summed E-state index contributed by atoms with van der Waals surface area (Å²) >= 11 is 0. The molecule has 0 aliphatic carbocycles. The third-order valence-electron chi connectivity index (χ3n) is 4.73. The van der Waals surface area contributed by atoms with Gasteiger partial charge in [-0.1, -0.05) is 42.5 Å². The van der Waals surface area contributed by atoms with Gasteiger partial charge in [0.2, 0.25) is 0 Å². The second-order valence-corrected chi connectivity index (χ2v) is 6.75. The maximum absolute atomic E-state index is 13.4. The van der Waals surface area contributed by atoms with E-state index in [2.05, 4.69) is 4.99 Å². The summed E-state index contributed by atoms with van der Waals surface area (Å²) < 4.78 is 1.62. The molecule has 3 aromatic carbocycles. The molecule has 4 rings (SSSR count). The maximum atomic E-state index is 13.4. The van der Waals surface area contributed by atoms with Crippen LogP contribution in [0.4, 0.5) is 5.69 Å². The van der Waals surface area contributed by atoms with Crippen molar-refractivity contribution in [2.75, 3.05) is 0 Å². The summed E-state index contributed by atoms with van der Waals surface area (Å²) in [5.74, 6) is -0.0401. The Morgan fingerprint density at radius 1 is 0.929 bits per heavy atom. The Balaban J connectivity index is 2.03. The predicted octanol–water partition coefficient (Wildman–Crippen LogP) is 5.15. The van der Waals surface area contributed by atoms with Crippen LogP contribution in [0.2, 0.25) is 0 Å². The van der Waals surface area contributed by atoms with Gasteiger partial charge in [-0.05, 0) is 55.8 Å². The Labute approximate surface area is 163 Å². The van der Waals surface area contributed by atoms with Gasteiger partial charge in [-0.2, -0.15) is 0 Å². The Bertz CT molecular complexity index is 1250. The van der Waals surface area contributed by atoms with Crippen LogP contribution in [0, 0.1) is 6.92 Å². The van der Waals surface area contributed by atoms with E-state index in [0.717, 1.165) is 16.9 Å². The van der Waals surface area contributed by atoms with E-state index < -0.39 is 0 Å². The molecule has 0 spiro atoms. The smallest absolute Gasteiger partial charge is 0.268 e. The van der Waals surface area contributed by atoms with Gasteiger partial charge >= 0.3 is 0 Å². The van der Waals surface area contributed by atoms with E-state index in [1.807, 2.05) is 85.8 Å². The first-order valence-corrected chi connectivity index (χ1v) is 9.11. The first-order chi connectivity index (χ1) is 13.6. The van der Waals surface area contributed by atoms with Gasteiger partial charge in [-0.15, -0.1) is 0 Å². The van der Waals surface area contributed by atoms with Crippen molar-refractivity contribution in [2.24, 2.45) is 4.99 Å². The number of aryl methyl sites for hydroxylation is 1. The number of aromatic nitrogens is 1. The summed E-state index contributed by atoms with van der Waals surface area (Å²) in [5.41, 5.74) is 3.62. The van der Waals surface area contributed by atoms with Gasteiger partial charge in [0.1, 0.15) is 11.3 Å².